The quantitative estimate of drug-likeness (QED) is 0.808. The van der Waals surface area contributed by atoms with Gasteiger partial charge in [0.2, 0.25) is 0 Å². The SMILES string of the molecule is C[N+]1(C)CC[N+](C)(CC(=O)N2c3ccccc3C(=O)Nc3cccnc32)CC1. The number of piperazine rings is 1. The normalized spacial score (nSPS) is 19.8. The van der Waals surface area contributed by atoms with Crippen LogP contribution in [-0.2, 0) is 4.79 Å². The van der Waals surface area contributed by atoms with Crippen LogP contribution in [0.2, 0.25) is 0 Å². The number of likely N-dealkylation sites (N-methyl/N-ethyl adjacent to an activating group) is 2. The number of fused-ring (bicyclic) bond motifs is 2. The molecule has 1 fully saturated rings. The second-order valence-electron chi connectivity index (χ2n) is 8.68. The van der Waals surface area contributed by atoms with Gasteiger partial charge in [-0.25, -0.2) is 4.98 Å². The molecule has 1 aromatic carbocycles. The first-order valence-corrected chi connectivity index (χ1v) is 9.62. The van der Waals surface area contributed by atoms with Crippen LogP contribution in [0, 0.1) is 0 Å². The van der Waals surface area contributed by atoms with E-state index in [4.69, 9.17) is 0 Å². The molecule has 7 nitrogen and oxygen atoms in total. The number of para-hydroxylation sites is 1. The van der Waals surface area contributed by atoms with Crippen molar-refractivity contribution < 1.29 is 18.6 Å². The number of aromatic nitrogens is 1. The van der Waals surface area contributed by atoms with Gasteiger partial charge in [-0.2, -0.15) is 0 Å². The van der Waals surface area contributed by atoms with E-state index in [0.29, 0.717) is 33.8 Å². The van der Waals surface area contributed by atoms with Gasteiger partial charge >= 0.3 is 0 Å². The minimum Gasteiger partial charge on any atom is -0.319 e. The third-order valence-electron chi connectivity index (χ3n) is 5.89. The molecule has 1 saturated heterocycles. The molecule has 7 heteroatoms. The molecule has 2 aliphatic heterocycles. The summed E-state index contributed by atoms with van der Waals surface area (Å²) in [5.41, 5.74) is 1.62. The van der Waals surface area contributed by atoms with Gasteiger partial charge in [0.25, 0.3) is 11.8 Å². The van der Waals surface area contributed by atoms with Gasteiger partial charge in [0, 0.05) is 6.20 Å². The van der Waals surface area contributed by atoms with Crippen LogP contribution in [-0.4, -0.2) is 79.6 Å². The molecule has 0 aliphatic carbocycles. The van der Waals surface area contributed by atoms with Crippen molar-refractivity contribution >= 4 is 29.0 Å². The Morgan fingerprint density at radius 2 is 1.79 bits per heavy atom. The summed E-state index contributed by atoms with van der Waals surface area (Å²) >= 11 is 0. The Labute approximate surface area is 165 Å². The van der Waals surface area contributed by atoms with Gasteiger partial charge < -0.3 is 14.3 Å². The Bertz CT molecular complexity index is 930. The van der Waals surface area contributed by atoms with Crippen LogP contribution in [0.25, 0.3) is 0 Å². The highest BCUT2D eigenvalue weighted by Crippen LogP contribution is 2.36. The molecule has 0 atom stereocenters. The molecule has 0 bridgehead atoms. The summed E-state index contributed by atoms with van der Waals surface area (Å²) in [6.45, 7) is 4.34. The second kappa shape index (κ2) is 6.68. The van der Waals surface area contributed by atoms with Crippen LogP contribution >= 0.6 is 0 Å². The van der Waals surface area contributed by atoms with Crippen LogP contribution in [0.5, 0.6) is 0 Å². The summed E-state index contributed by atoms with van der Waals surface area (Å²) < 4.78 is 1.68. The first kappa shape index (κ1) is 18.6. The van der Waals surface area contributed by atoms with E-state index >= 15 is 0 Å². The van der Waals surface area contributed by atoms with Crippen molar-refractivity contribution in [2.75, 3.05) is 64.1 Å². The smallest absolute Gasteiger partial charge is 0.288 e. The molecule has 2 amide bonds. The molecule has 1 aromatic heterocycles. The highest BCUT2D eigenvalue weighted by atomic mass is 16.2. The number of hydrogen-bond acceptors (Lipinski definition) is 3. The highest BCUT2D eigenvalue weighted by Gasteiger charge is 2.39. The molecule has 2 aliphatic rings. The van der Waals surface area contributed by atoms with Gasteiger partial charge in [-0.3, -0.25) is 14.5 Å². The summed E-state index contributed by atoms with van der Waals surface area (Å²) in [6, 6.07) is 10.8. The molecular formula is C21H27N5O2+2. The maximum Gasteiger partial charge on any atom is 0.288 e. The fourth-order valence-electron chi connectivity index (χ4n) is 3.89. The third-order valence-corrected chi connectivity index (χ3v) is 5.89. The van der Waals surface area contributed by atoms with Crippen LogP contribution in [0.1, 0.15) is 10.4 Å². The summed E-state index contributed by atoms with van der Waals surface area (Å²) in [6.07, 6.45) is 1.65. The molecule has 0 radical (unpaired) electrons. The molecule has 4 rings (SSSR count). The molecular weight excluding hydrogens is 354 g/mol. The minimum atomic E-state index is -0.224. The van der Waals surface area contributed by atoms with Crippen molar-refractivity contribution in [3.63, 3.8) is 0 Å². The second-order valence-corrected chi connectivity index (χ2v) is 8.68. The molecule has 146 valence electrons. The van der Waals surface area contributed by atoms with Crippen molar-refractivity contribution in [3.8, 4) is 0 Å². The first-order valence-electron chi connectivity index (χ1n) is 9.62. The molecule has 2 aromatic rings. The van der Waals surface area contributed by atoms with Gasteiger partial charge in [0.15, 0.2) is 12.4 Å². The highest BCUT2D eigenvalue weighted by molar-refractivity contribution is 6.17. The maximum atomic E-state index is 13.5. The molecule has 0 saturated carbocycles. The largest absolute Gasteiger partial charge is 0.319 e. The Kier molecular flexibility index (Phi) is 4.44. The molecule has 28 heavy (non-hydrogen) atoms. The molecule has 0 spiro atoms. The van der Waals surface area contributed by atoms with E-state index in [-0.39, 0.29) is 11.8 Å². The first-order chi connectivity index (χ1) is 13.3. The predicted octanol–water partition coefficient (Wildman–Crippen LogP) is 1.85. The number of nitrogens with zero attached hydrogens (tertiary/aromatic N) is 4. The van der Waals surface area contributed by atoms with E-state index in [0.717, 1.165) is 30.7 Å². The number of rotatable bonds is 2. The molecule has 3 heterocycles. The van der Waals surface area contributed by atoms with Crippen molar-refractivity contribution in [1.82, 2.24) is 4.98 Å². The minimum absolute atomic E-state index is 0.0430. The van der Waals surface area contributed by atoms with Gasteiger partial charge in [-0.1, -0.05) is 12.1 Å². The average molecular weight is 381 g/mol. The molecule has 0 unspecified atom stereocenters. The van der Waals surface area contributed by atoms with E-state index in [9.17, 15) is 9.59 Å². The van der Waals surface area contributed by atoms with Gasteiger partial charge in [0.1, 0.15) is 26.2 Å². The fourth-order valence-corrected chi connectivity index (χ4v) is 3.89. The van der Waals surface area contributed by atoms with Crippen molar-refractivity contribution in [2.45, 2.75) is 0 Å². The van der Waals surface area contributed by atoms with Crippen LogP contribution in [0.15, 0.2) is 42.6 Å². The summed E-state index contributed by atoms with van der Waals surface area (Å²) in [4.78, 5) is 32.3. The number of quaternary nitrogens is 2. The Balaban J connectivity index is 1.71. The van der Waals surface area contributed by atoms with E-state index in [1.165, 1.54) is 0 Å². The lowest BCUT2D eigenvalue weighted by molar-refractivity contribution is -1.00. The standard InChI is InChI=1S/C21H26N5O2/c1-25(2)11-13-26(3,14-12-25)15-19(27)24-18-9-5-4-7-16(18)21(28)23-17-8-6-10-22-20(17)24/h4-10H,11-15H2,1-3H3/q+1/p+1. The predicted molar refractivity (Wildman–Crippen MR) is 108 cm³/mol. The van der Waals surface area contributed by atoms with Gasteiger partial charge in [-0.15, -0.1) is 0 Å². The van der Waals surface area contributed by atoms with E-state index in [1.54, 1.807) is 29.3 Å². The summed E-state index contributed by atoms with van der Waals surface area (Å²) in [7, 11) is 6.60. The lowest BCUT2D eigenvalue weighted by Gasteiger charge is -2.44. The number of pyridine rings is 1. The van der Waals surface area contributed by atoms with E-state index < -0.39 is 0 Å². The Hall–Kier alpha value is -2.77. The van der Waals surface area contributed by atoms with E-state index in [1.807, 2.05) is 18.2 Å². The van der Waals surface area contributed by atoms with Crippen molar-refractivity contribution in [3.05, 3.63) is 48.2 Å². The molecule has 1 N–H and O–H groups in total. The van der Waals surface area contributed by atoms with Crippen LogP contribution in [0.3, 0.4) is 0 Å². The lowest BCUT2D eigenvalue weighted by Crippen LogP contribution is -2.64. The zero-order valence-corrected chi connectivity index (χ0v) is 16.7. The Morgan fingerprint density at radius 3 is 2.54 bits per heavy atom. The van der Waals surface area contributed by atoms with Crippen LogP contribution in [0.4, 0.5) is 17.2 Å². The topological polar surface area (TPSA) is 62.3 Å². The zero-order valence-electron chi connectivity index (χ0n) is 16.7. The Morgan fingerprint density at radius 1 is 1.07 bits per heavy atom. The van der Waals surface area contributed by atoms with Crippen LogP contribution < -0.4 is 10.2 Å². The summed E-state index contributed by atoms with van der Waals surface area (Å²) in [5.74, 6) is 0.210. The average Bonchev–Trinajstić information content (AvgIpc) is 2.79. The van der Waals surface area contributed by atoms with E-state index in [2.05, 4.69) is 31.4 Å². The third kappa shape index (κ3) is 3.39. The maximum absolute atomic E-state index is 13.5. The number of carbonyl (C=O) groups excluding carboxylic acids is 2. The number of nitrogens with one attached hydrogen (secondary N) is 1. The van der Waals surface area contributed by atoms with Crippen molar-refractivity contribution in [1.29, 1.82) is 0 Å². The lowest BCUT2D eigenvalue weighted by atomic mass is 10.1. The van der Waals surface area contributed by atoms with Gasteiger partial charge in [0.05, 0.1) is 38.1 Å². The summed E-state index contributed by atoms with van der Waals surface area (Å²) in [5, 5.41) is 2.88. The fraction of sp³-hybridized carbons (Fsp3) is 0.381. The zero-order chi connectivity index (χ0) is 19.9. The number of hydrogen-bond donors (Lipinski definition) is 1. The number of amides is 2. The number of carbonyl (C=O) groups is 2. The number of anilines is 3. The van der Waals surface area contributed by atoms with Gasteiger partial charge in [-0.05, 0) is 24.3 Å². The number of benzene rings is 1. The monoisotopic (exact) mass is 381 g/mol. The van der Waals surface area contributed by atoms with Crippen molar-refractivity contribution in [2.24, 2.45) is 0 Å².